The molecule has 1 rings (SSSR count). The molecule has 0 aliphatic rings. The van der Waals surface area contributed by atoms with Crippen molar-refractivity contribution >= 4 is 0 Å². The number of rotatable bonds is 2. The number of H-pyrrole nitrogens is 2. The van der Waals surface area contributed by atoms with Gasteiger partial charge in [0.15, 0.2) is 0 Å². The van der Waals surface area contributed by atoms with Gasteiger partial charge in [0.2, 0.25) is 5.75 Å². The van der Waals surface area contributed by atoms with Gasteiger partial charge in [-0.15, -0.1) is 0 Å². The van der Waals surface area contributed by atoms with Crippen molar-refractivity contribution in [3.8, 4) is 5.75 Å². The molecule has 6 nitrogen and oxygen atoms in total. The van der Waals surface area contributed by atoms with Crippen LogP contribution >= 0.6 is 0 Å². The van der Waals surface area contributed by atoms with Crippen LogP contribution in [-0.4, -0.2) is 17.0 Å². The molecule has 0 aliphatic carbocycles. The summed E-state index contributed by atoms with van der Waals surface area (Å²) in [6.45, 7) is 1.57. The van der Waals surface area contributed by atoms with Crippen molar-refractivity contribution in [3.63, 3.8) is 0 Å². The van der Waals surface area contributed by atoms with E-state index in [0.717, 1.165) is 0 Å². The monoisotopic (exact) mass is 171 g/mol. The summed E-state index contributed by atoms with van der Waals surface area (Å²) in [6, 6.07) is 0. The Kier molecular flexibility index (Phi) is 2.29. The molecule has 1 aromatic heterocycles. The van der Waals surface area contributed by atoms with Gasteiger partial charge in [0.1, 0.15) is 0 Å². The Hall–Kier alpha value is -1.56. The summed E-state index contributed by atoms with van der Waals surface area (Å²) >= 11 is 0. The van der Waals surface area contributed by atoms with Gasteiger partial charge in [0.25, 0.3) is 5.56 Å². The quantitative estimate of drug-likeness (QED) is 0.492. The van der Waals surface area contributed by atoms with Crippen LogP contribution in [0.2, 0.25) is 0 Å². The molecular weight excluding hydrogens is 162 g/mol. The van der Waals surface area contributed by atoms with Crippen molar-refractivity contribution in [2.45, 2.75) is 6.92 Å². The Morgan fingerprint density at radius 3 is 2.50 bits per heavy atom. The average molecular weight is 171 g/mol. The minimum absolute atomic E-state index is 0.0668. The van der Waals surface area contributed by atoms with Crippen LogP contribution in [0.4, 0.5) is 0 Å². The molecule has 0 aromatic carbocycles. The molecule has 0 radical (unpaired) electrons. The third kappa shape index (κ3) is 1.54. The molecule has 1 aromatic rings. The van der Waals surface area contributed by atoms with E-state index in [4.69, 9.17) is 4.84 Å². The largest absolute Gasteiger partial charge is 0.401 e. The molecule has 66 valence electrons. The fourth-order valence-corrected chi connectivity index (χ4v) is 0.813. The Morgan fingerprint density at radius 1 is 1.33 bits per heavy atom. The van der Waals surface area contributed by atoms with Crippen LogP contribution < -0.4 is 21.6 Å². The molecule has 0 atom stereocenters. The van der Waals surface area contributed by atoms with Gasteiger partial charge in [0.05, 0.1) is 5.69 Å². The lowest BCUT2D eigenvalue weighted by Crippen LogP contribution is -2.27. The zero-order valence-corrected chi connectivity index (χ0v) is 6.72. The summed E-state index contributed by atoms with van der Waals surface area (Å²) in [4.78, 5) is 30.9. The van der Waals surface area contributed by atoms with Gasteiger partial charge in [-0.3, -0.25) is 9.78 Å². The lowest BCUT2D eigenvalue weighted by Gasteiger charge is -2.02. The van der Waals surface area contributed by atoms with Gasteiger partial charge in [-0.05, 0) is 6.92 Å². The molecule has 1 heterocycles. The standard InChI is InChI=1S/C6H9N3O3/c1-3-4(12-7-2)5(10)9-6(11)8-3/h7H,1-2H3,(H2,8,9,10,11). The number of nitrogens with one attached hydrogen (secondary N) is 3. The Bertz CT molecular complexity index is 378. The van der Waals surface area contributed by atoms with Crippen molar-refractivity contribution in [2.75, 3.05) is 7.05 Å². The Labute approximate surface area is 67.5 Å². The van der Waals surface area contributed by atoms with Crippen LogP contribution in [0.1, 0.15) is 5.69 Å². The predicted molar refractivity (Wildman–Crippen MR) is 42.1 cm³/mol. The summed E-state index contributed by atoms with van der Waals surface area (Å²) in [7, 11) is 1.52. The van der Waals surface area contributed by atoms with E-state index in [1.54, 1.807) is 6.92 Å². The van der Waals surface area contributed by atoms with Crippen LogP contribution in [0.25, 0.3) is 0 Å². The zero-order valence-electron chi connectivity index (χ0n) is 6.72. The molecule has 0 aliphatic heterocycles. The third-order valence-electron chi connectivity index (χ3n) is 1.28. The van der Waals surface area contributed by atoms with E-state index in [9.17, 15) is 9.59 Å². The molecule has 0 unspecified atom stereocenters. The number of aromatic amines is 2. The lowest BCUT2D eigenvalue weighted by molar-refractivity contribution is 0.217. The SMILES string of the molecule is CNOc1c(C)[nH]c(=O)[nH]c1=O. The molecule has 0 spiro atoms. The number of aromatic nitrogens is 2. The zero-order chi connectivity index (χ0) is 9.14. The first kappa shape index (κ1) is 8.54. The van der Waals surface area contributed by atoms with Gasteiger partial charge in [-0.2, -0.15) is 5.48 Å². The maximum absolute atomic E-state index is 11.0. The fourth-order valence-electron chi connectivity index (χ4n) is 0.813. The molecule has 0 amide bonds. The topological polar surface area (TPSA) is 87.0 Å². The first-order chi connectivity index (χ1) is 5.65. The summed E-state index contributed by atoms with van der Waals surface area (Å²) < 4.78 is 0. The molecule has 12 heavy (non-hydrogen) atoms. The lowest BCUT2D eigenvalue weighted by atomic mass is 10.4. The summed E-state index contributed by atoms with van der Waals surface area (Å²) in [5.74, 6) is 0.0668. The van der Waals surface area contributed by atoms with Gasteiger partial charge in [-0.25, -0.2) is 4.79 Å². The van der Waals surface area contributed by atoms with E-state index in [0.29, 0.717) is 5.69 Å². The minimum Gasteiger partial charge on any atom is -0.401 e. The second-order valence-electron chi connectivity index (χ2n) is 2.17. The van der Waals surface area contributed by atoms with E-state index < -0.39 is 11.2 Å². The number of hydrogen-bond acceptors (Lipinski definition) is 4. The number of aryl methyl sites for hydroxylation is 1. The van der Waals surface area contributed by atoms with Gasteiger partial charge >= 0.3 is 5.69 Å². The highest BCUT2D eigenvalue weighted by atomic mass is 16.6. The molecule has 0 fully saturated rings. The van der Waals surface area contributed by atoms with Gasteiger partial charge in [0, 0.05) is 7.05 Å². The molecule has 0 bridgehead atoms. The summed E-state index contributed by atoms with van der Waals surface area (Å²) in [5, 5.41) is 0. The van der Waals surface area contributed by atoms with Crippen LogP contribution in [0.15, 0.2) is 9.59 Å². The van der Waals surface area contributed by atoms with Crippen molar-refractivity contribution in [2.24, 2.45) is 0 Å². The van der Waals surface area contributed by atoms with Crippen molar-refractivity contribution < 1.29 is 4.84 Å². The molecule has 0 saturated heterocycles. The van der Waals surface area contributed by atoms with Crippen LogP contribution in [0, 0.1) is 6.92 Å². The molecule has 0 saturated carbocycles. The Morgan fingerprint density at radius 2 is 2.00 bits per heavy atom. The normalized spacial score (nSPS) is 9.83. The first-order valence-electron chi connectivity index (χ1n) is 3.32. The molecule has 3 N–H and O–H groups in total. The highest BCUT2D eigenvalue weighted by molar-refractivity contribution is 5.21. The smallest absolute Gasteiger partial charge is 0.326 e. The summed E-state index contributed by atoms with van der Waals surface area (Å²) in [5.41, 5.74) is 1.64. The average Bonchev–Trinajstić information content (AvgIpc) is 1.96. The van der Waals surface area contributed by atoms with Crippen LogP contribution in [0.5, 0.6) is 5.75 Å². The fraction of sp³-hybridized carbons (Fsp3) is 0.333. The van der Waals surface area contributed by atoms with E-state index >= 15 is 0 Å². The van der Waals surface area contributed by atoms with E-state index in [1.807, 2.05) is 4.98 Å². The van der Waals surface area contributed by atoms with Crippen LogP contribution in [-0.2, 0) is 0 Å². The molecular formula is C6H9N3O3. The number of hydroxylamine groups is 1. The maximum atomic E-state index is 11.0. The van der Waals surface area contributed by atoms with E-state index in [1.165, 1.54) is 7.05 Å². The Balaban J connectivity index is 3.29. The second kappa shape index (κ2) is 3.22. The maximum Gasteiger partial charge on any atom is 0.326 e. The highest BCUT2D eigenvalue weighted by Crippen LogP contribution is 2.02. The molecule has 6 heteroatoms. The third-order valence-corrected chi connectivity index (χ3v) is 1.28. The van der Waals surface area contributed by atoms with Gasteiger partial charge in [-0.1, -0.05) is 0 Å². The number of hydrogen-bond donors (Lipinski definition) is 3. The second-order valence-corrected chi connectivity index (χ2v) is 2.17. The van der Waals surface area contributed by atoms with Crippen molar-refractivity contribution in [1.29, 1.82) is 0 Å². The van der Waals surface area contributed by atoms with E-state index in [2.05, 4.69) is 10.5 Å². The van der Waals surface area contributed by atoms with E-state index in [-0.39, 0.29) is 5.75 Å². The van der Waals surface area contributed by atoms with Crippen molar-refractivity contribution in [1.82, 2.24) is 15.4 Å². The minimum atomic E-state index is -0.550. The van der Waals surface area contributed by atoms with Crippen LogP contribution in [0.3, 0.4) is 0 Å². The summed E-state index contributed by atoms with van der Waals surface area (Å²) in [6.07, 6.45) is 0. The first-order valence-corrected chi connectivity index (χ1v) is 3.32. The van der Waals surface area contributed by atoms with Gasteiger partial charge < -0.3 is 9.82 Å². The predicted octanol–water partition coefficient (Wildman–Crippen LogP) is -1.12. The highest BCUT2D eigenvalue weighted by Gasteiger charge is 2.05. The van der Waals surface area contributed by atoms with Crippen molar-refractivity contribution in [3.05, 3.63) is 26.5 Å².